The van der Waals surface area contributed by atoms with Crippen molar-refractivity contribution in [3.63, 3.8) is 0 Å². The van der Waals surface area contributed by atoms with Crippen LogP contribution in [0.15, 0.2) is 30.6 Å². The number of aromatic nitrogens is 2. The Morgan fingerprint density at radius 3 is 2.83 bits per heavy atom. The fourth-order valence-corrected chi connectivity index (χ4v) is 1.49. The lowest BCUT2D eigenvalue weighted by Crippen LogP contribution is -2.00. The van der Waals surface area contributed by atoms with Gasteiger partial charge < -0.3 is 4.74 Å². The summed E-state index contributed by atoms with van der Waals surface area (Å²) in [5.74, 6) is 0.672. The fourth-order valence-electron chi connectivity index (χ4n) is 1.39. The first kappa shape index (κ1) is 12.3. The second-order valence-corrected chi connectivity index (χ2v) is 4.10. The van der Waals surface area contributed by atoms with E-state index >= 15 is 0 Å². The van der Waals surface area contributed by atoms with Crippen molar-refractivity contribution in [1.82, 2.24) is 9.97 Å². The van der Waals surface area contributed by atoms with Gasteiger partial charge in [0.15, 0.2) is 0 Å². The van der Waals surface area contributed by atoms with Crippen LogP contribution in [0, 0.1) is 18.3 Å². The number of benzene rings is 1. The molecule has 0 spiro atoms. The molecule has 0 N–H and O–H groups in total. The number of nitrogens with zero attached hydrogens (tertiary/aromatic N) is 3. The maximum absolute atomic E-state index is 8.83. The molecule has 5 heteroatoms. The van der Waals surface area contributed by atoms with E-state index in [1.807, 2.05) is 13.0 Å². The van der Waals surface area contributed by atoms with E-state index in [1.54, 1.807) is 18.3 Å². The van der Waals surface area contributed by atoms with E-state index in [1.165, 1.54) is 6.20 Å². The third-order valence-electron chi connectivity index (χ3n) is 2.37. The van der Waals surface area contributed by atoms with Crippen molar-refractivity contribution in [1.29, 1.82) is 5.26 Å². The Kier molecular flexibility index (Phi) is 3.75. The van der Waals surface area contributed by atoms with Crippen LogP contribution >= 0.6 is 11.6 Å². The molecule has 1 aromatic heterocycles. The molecule has 2 rings (SSSR count). The highest BCUT2D eigenvalue weighted by Gasteiger charge is 2.03. The molecule has 0 radical (unpaired) electrons. The third-order valence-corrected chi connectivity index (χ3v) is 2.56. The maximum Gasteiger partial charge on any atom is 0.147 e. The summed E-state index contributed by atoms with van der Waals surface area (Å²) >= 11 is 5.64. The number of ether oxygens (including phenoxy) is 1. The highest BCUT2D eigenvalue weighted by molar-refractivity contribution is 6.29. The molecule has 1 heterocycles. The average Bonchev–Trinajstić information content (AvgIpc) is 2.40. The van der Waals surface area contributed by atoms with E-state index in [0.29, 0.717) is 28.8 Å². The second kappa shape index (κ2) is 5.48. The number of hydrogen-bond acceptors (Lipinski definition) is 4. The molecule has 0 aliphatic carbocycles. The van der Waals surface area contributed by atoms with Gasteiger partial charge >= 0.3 is 0 Å². The Labute approximate surface area is 110 Å². The number of halogens is 1. The van der Waals surface area contributed by atoms with Crippen LogP contribution in [-0.4, -0.2) is 9.97 Å². The van der Waals surface area contributed by atoms with Gasteiger partial charge in [-0.05, 0) is 24.6 Å². The molecule has 90 valence electrons. The summed E-state index contributed by atoms with van der Waals surface area (Å²) in [6.45, 7) is 2.21. The summed E-state index contributed by atoms with van der Waals surface area (Å²) in [7, 11) is 0. The van der Waals surface area contributed by atoms with E-state index < -0.39 is 0 Å². The van der Waals surface area contributed by atoms with Crippen LogP contribution < -0.4 is 4.74 Å². The van der Waals surface area contributed by atoms with Gasteiger partial charge in [-0.2, -0.15) is 5.26 Å². The molecule has 0 atom stereocenters. The lowest BCUT2D eigenvalue weighted by molar-refractivity contribution is 0.298. The van der Waals surface area contributed by atoms with E-state index in [0.717, 1.165) is 5.56 Å². The molecular formula is C13H10ClN3O. The zero-order valence-corrected chi connectivity index (χ0v) is 10.5. The highest BCUT2D eigenvalue weighted by Crippen LogP contribution is 2.20. The number of rotatable bonds is 3. The van der Waals surface area contributed by atoms with Gasteiger partial charge in [-0.3, -0.25) is 4.98 Å². The van der Waals surface area contributed by atoms with Crippen molar-refractivity contribution >= 4 is 11.6 Å². The molecule has 0 amide bonds. The van der Waals surface area contributed by atoms with Gasteiger partial charge in [-0.15, -0.1) is 0 Å². The van der Waals surface area contributed by atoms with Crippen molar-refractivity contribution in [2.45, 2.75) is 13.5 Å². The van der Waals surface area contributed by atoms with Gasteiger partial charge in [-0.25, -0.2) is 4.98 Å². The first-order chi connectivity index (χ1) is 8.69. The standard InChI is InChI=1S/C13H10ClN3O/c1-9-2-3-10(5-15)4-12(9)18-8-11-6-17-13(14)7-16-11/h2-4,6-7H,8H2,1H3. The Morgan fingerprint density at radius 2 is 2.17 bits per heavy atom. The first-order valence-corrected chi connectivity index (χ1v) is 5.67. The monoisotopic (exact) mass is 259 g/mol. The predicted octanol–water partition coefficient (Wildman–Crippen LogP) is 2.89. The topological polar surface area (TPSA) is 58.8 Å². The summed E-state index contributed by atoms with van der Waals surface area (Å²) in [4.78, 5) is 8.00. The van der Waals surface area contributed by atoms with Crippen LogP contribution in [0.4, 0.5) is 0 Å². The Morgan fingerprint density at radius 1 is 1.33 bits per heavy atom. The molecule has 0 saturated carbocycles. The molecule has 0 fully saturated rings. The molecule has 0 bridgehead atoms. The normalized spacial score (nSPS) is 9.83. The van der Waals surface area contributed by atoms with Crippen molar-refractivity contribution in [2.75, 3.05) is 0 Å². The maximum atomic E-state index is 8.83. The molecule has 0 aliphatic rings. The summed E-state index contributed by atoms with van der Waals surface area (Å²) < 4.78 is 5.61. The minimum absolute atomic E-state index is 0.292. The number of aryl methyl sites for hydroxylation is 1. The molecule has 18 heavy (non-hydrogen) atoms. The van der Waals surface area contributed by atoms with Gasteiger partial charge in [0.25, 0.3) is 0 Å². The zero-order valence-electron chi connectivity index (χ0n) is 9.72. The van der Waals surface area contributed by atoms with Crippen LogP contribution in [0.25, 0.3) is 0 Å². The molecule has 0 saturated heterocycles. The van der Waals surface area contributed by atoms with E-state index in [-0.39, 0.29) is 0 Å². The Hall–Kier alpha value is -2.12. The second-order valence-electron chi connectivity index (χ2n) is 3.71. The van der Waals surface area contributed by atoms with Gasteiger partial charge in [0, 0.05) is 0 Å². The van der Waals surface area contributed by atoms with Crippen molar-refractivity contribution < 1.29 is 4.74 Å². The lowest BCUT2D eigenvalue weighted by atomic mass is 10.1. The summed E-state index contributed by atoms with van der Waals surface area (Å²) in [6.07, 6.45) is 3.03. The van der Waals surface area contributed by atoms with Crippen LogP contribution in [0.1, 0.15) is 16.8 Å². The largest absolute Gasteiger partial charge is 0.487 e. The first-order valence-electron chi connectivity index (χ1n) is 5.29. The highest BCUT2D eigenvalue weighted by atomic mass is 35.5. The molecule has 0 unspecified atom stereocenters. The summed E-state index contributed by atoms with van der Waals surface area (Å²) in [5, 5.41) is 9.17. The summed E-state index contributed by atoms with van der Waals surface area (Å²) in [5.41, 5.74) is 2.22. The van der Waals surface area contributed by atoms with E-state index in [9.17, 15) is 0 Å². The van der Waals surface area contributed by atoms with E-state index in [4.69, 9.17) is 21.6 Å². The van der Waals surface area contributed by atoms with Gasteiger partial charge in [0.05, 0.1) is 29.7 Å². The van der Waals surface area contributed by atoms with Crippen molar-refractivity contribution in [3.8, 4) is 11.8 Å². The van der Waals surface area contributed by atoms with Gasteiger partial charge in [0.2, 0.25) is 0 Å². The van der Waals surface area contributed by atoms with Crippen LogP contribution in [0.3, 0.4) is 0 Å². The van der Waals surface area contributed by atoms with E-state index in [2.05, 4.69) is 16.0 Å². The van der Waals surface area contributed by atoms with Crippen molar-refractivity contribution in [2.24, 2.45) is 0 Å². The Bertz CT molecular complexity index is 590. The Balaban J connectivity index is 2.10. The minimum Gasteiger partial charge on any atom is -0.487 e. The number of hydrogen-bond donors (Lipinski definition) is 0. The van der Waals surface area contributed by atoms with Crippen LogP contribution in [0.5, 0.6) is 5.75 Å². The SMILES string of the molecule is Cc1ccc(C#N)cc1OCc1cnc(Cl)cn1. The number of nitriles is 1. The average molecular weight is 260 g/mol. The third kappa shape index (κ3) is 2.96. The molecule has 1 aromatic carbocycles. The molecular weight excluding hydrogens is 250 g/mol. The fraction of sp³-hybridized carbons (Fsp3) is 0.154. The van der Waals surface area contributed by atoms with Crippen LogP contribution in [0.2, 0.25) is 5.15 Å². The zero-order chi connectivity index (χ0) is 13.0. The van der Waals surface area contributed by atoms with Gasteiger partial charge in [-0.1, -0.05) is 17.7 Å². The lowest BCUT2D eigenvalue weighted by Gasteiger charge is -2.08. The quantitative estimate of drug-likeness (QED) is 0.850. The molecule has 2 aromatic rings. The molecule has 4 nitrogen and oxygen atoms in total. The minimum atomic E-state index is 0.292. The smallest absolute Gasteiger partial charge is 0.147 e. The van der Waals surface area contributed by atoms with Crippen LogP contribution in [-0.2, 0) is 6.61 Å². The predicted molar refractivity (Wildman–Crippen MR) is 67.3 cm³/mol. The molecule has 0 aliphatic heterocycles. The van der Waals surface area contributed by atoms with Gasteiger partial charge in [0.1, 0.15) is 17.5 Å². The summed E-state index contributed by atoms with van der Waals surface area (Å²) in [6, 6.07) is 7.38. The van der Waals surface area contributed by atoms with Crippen molar-refractivity contribution in [3.05, 3.63) is 52.6 Å².